The van der Waals surface area contributed by atoms with Gasteiger partial charge in [-0.05, 0) is 0 Å². The number of rotatable bonds is 0. The van der Waals surface area contributed by atoms with Crippen molar-refractivity contribution in [2.24, 2.45) is 0 Å². The Morgan fingerprint density at radius 2 is 1.00 bits per heavy atom. The molecule has 2 radical (unpaired) electrons. The van der Waals surface area contributed by atoms with Crippen LogP contribution in [-0.4, -0.2) is 18.6 Å². The van der Waals surface area contributed by atoms with E-state index in [0.717, 1.165) is 0 Å². The van der Waals surface area contributed by atoms with Crippen molar-refractivity contribution >= 4 is 43.4 Å². The molecule has 26 valence electrons. The SMILES string of the molecule is Cl.Cl.[CH3][Ga]. The van der Waals surface area contributed by atoms with Crippen LogP contribution in [-0.2, 0) is 0 Å². The van der Waals surface area contributed by atoms with Gasteiger partial charge in [-0.25, -0.2) is 0 Å². The molecule has 0 aliphatic rings. The second kappa shape index (κ2) is 29.5. The van der Waals surface area contributed by atoms with Crippen LogP contribution >= 0.6 is 24.8 Å². The van der Waals surface area contributed by atoms with E-state index in [1.807, 2.05) is 0 Å². The van der Waals surface area contributed by atoms with Gasteiger partial charge in [-0.3, -0.25) is 0 Å². The maximum absolute atomic E-state index is 2.06. The van der Waals surface area contributed by atoms with Gasteiger partial charge in [0.05, 0.1) is 0 Å². The van der Waals surface area contributed by atoms with E-state index in [4.69, 9.17) is 0 Å². The molecule has 0 fully saturated rings. The zero-order valence-corrected chi connectivity index (χ0v) is 6.45. The summed E-state index contributed by atoms with van der Waals surface area (Å²) in [4.78, 5) is 0. The molecule has 0 aromatic rings. The minimum absolute atomic E-state index is 0. The van der Waals surface area contributed by atoms with Crippen molar-refractivity contribution < 1.29 is 0 Å². The molecule has 0 unspecified atom stereocenters. The van der Waals surface area contributed by atoms with Gasteiger partial charge in [-0.15, -0.1) is 24.8 Å². The molecular weight excluding hydrogens is 153 g/mol. The quantitative estimate of drug-likeness (QED) is 0.461. The number of hydrogen-bond acceptors (Lipinski definition) is 0. The van der Waals surface area contributed by atoms with Gasteiger partial charge in [0.25, 0.3) is 0 Å². The van der Waals surface area contributed by atoms with Crippen LogP contribution in [0.3, 0.4) is 0 Å². The van der Waals surface area contributed by atoms with Crippen molar-refractivity contribution in [2.75, 3.05) is 0 Å². The predicted molar refractivity (Wildman–Crippen MR) is 26.1 cm³/mol. The average Bonchev–Trinajstić information content (AvgIpc) is 1.00. The number of halogens is 2. The van der Waals surface area contributed by atoms with Crippen LogP contribution in [0.15, 0.2) is 0 Å². The summed E-state index contributed by atoms with van der Waals surface area (Å²) in [6, 6.07) is 0. The van der Waals surface area contributed by atoms with E-state index >= 15 is 0 Å². The Morgan fingerprint density at radius 1 is 1.00 bits per heavy atom. The first-order valence-corrected chi connectivity index (χ1v) is 3.00. The molecule has 0 spiro atoms. The molecule has 0 aliphatic carbocycles. The van der Waals surface area contributed by atoms with E-state index in [2.05, 4.69) is 5.48 Å². The molecule has 0 saturated carbocycles. The Morgan fingerprint density at radius 3 is 1.00 bits per heavy atom. The summed E-state index contributed by atoms with van der Waals surface area (Å²) in [6.07, 6.45) is 0. The molecule has 0 rings (SSSR count). The van der Waals surface area contributed by atoms with Crippen LogP contribution in [0.25, 0.3) is 0 Å². The predicted octanol–water partition coefficient (Wildman–Crippen LogP) is 1.05. The molecule has 4 heavy (non-hydrogen) atoms. The summed E-state index contributed by atoms with van der Waals surface area (Å²) in [6.45, 7) is 0. The second-order valence-electron chi connectivity index (χ2n) is 0. The van der Waals surface area contributed by atoms with Crippen molar-refractivity contribution in [3.8, 4) is 0 Å². The van der Waals surface area contributed by atoms with Crippen LogP contribution in [0.1, 0.15) is 0 Å². The van der Waals surface area contributed by atoms with Crippen molar-refractivity contribution in [1.29, 1.82) is 0 Å². The zero-order valence-electron chi connectivity index (χ0n) is 2.39. The molecule has 0 aromatic heterocycles. The molecule has 0 saturated heterocycles. The van der Waals surface area contributed by atoms with Crippen LogP contribution < -0.4 is 0 Å². The van der Waals surface area contributed by atoms with Gasteiger partial charge in [0.1, 0.15) is 0 Å². The molecule has 0 aliphatic heterocycles. The van der Waals surface area contributed by atoms with E-state index < -0.39 is 0 Å². The summed E-state index contributed by atoms with van der Waals surface area (Å²) >= 11 is 1.69. The van der Waals surface area contributed by atoms with E-state index in [-0.39, 0.29) is 24.8 Å². The maximum atomic E-state index is 2.06. The Bertz CT molecular complexity index is 6.00. The van der Waals surface area contributed by atoms with Crippen LogP contribution in [0.4, 0.5) is 0 Å². The van der Waals surface area contributed by atoms with Gasteiger partial charge in [-0.1, -0.05) is 0 Å². The Labute approximate surface area is 49.1 Å². The molecular formula is CH5Cl2Ga. The van der Waals surface area contributed by atoms with Crippen molar-refractivity contribution in [3.63, 3.8) is 0 Å². The third kappa shape index (κ3) is 10.7. The fourth-order valence-corrected chi connectivity index (χ4v) is 0. The third-order valence-corrected chi connectivity index (χ3v) is 0. The van der Waals surface area contributed by atoms with E-state index in [9.17, 15) is 0 Å². The first kappa shape index (κ1) is 18.9. The first-order chi connectivity index (χ1) is 1.00. The molecule has 0 N–H and O–H groups in total. The molecule has 0 heterocycles. The third-order valence-electron chi connectivity index (χ3n) is 0. The van der Waals surface area contributed by atoms with Gasteiger partial charge in [0.15, 0.2) is 0 Å². The van der Waals surface area contributed by atoms with E-state index in [1.54, 1.807) is 18.6 Å². The van der Waals surface area contributed by atoms with Gasteiger partial charge >= 0.3 is 24.1 Å². The topological polar surface area (TPSA) is 0 Å². The van der Waals surface area contributed by atoms with Crippen molar-refractivity contribution in [3.05, 3.63) is 0 Å². The molecule has 0 nitrogen and oxygen atoms in total. The standard InChI is InChI=1S/CH3.2ClH.Ga/h1H3;2*1H;. The monoisotopic (exact) mass is 156 g/mol. The normalized spacial score (nSPS) is 1.25. The number of hydrogen-bond donors (Lipinski definition) is 0. The average molecular weight is 158 g/mol. The second-order valence-corrected chi connectivity index (χ2v) is 0. The summed E-state index contributed by atoms with van der Waals surface area (Å²) < 4.78 is 0. The Balaban J connectivity index is -0.00000000500. The summed E-state index contributed by atoms with van der Waals surface area (Å²) in [5.74, 6) is 0. The summed E-state index contributed by atoms with van der Waals surface area (Å²) in [7, 11) is 0. The van der Waals surface area contributed by atoms with Gasteiger partial charge in [0.2, 0.25) is 0 Å². The van der Waals surface area contributed by atoms with Crippen molar-refractivity contribution in [2.45, 2.75) is 5.48 Å². The van der Waals surface area contributed by atoms with Gasteiger partial charge < -0.3 is 0 Å². The van der Waals surface area contributed by atoms with Gasteiger partial charge in [-0.2, -0.15) is 0 Å². The zero-order chi connectivity index (χ0) is 2.00. The van der Waals surface area contributed by atoms with Gasteiger partial charge in [0, 0.05) is 0 Å². The van der Waals surface area contributed by atoms with Crippen LogP contribution in [0.5, 0.6) is 0 Å². The van der Waals surface area contributed by atoms with E-state index in [0.29, 0.717) is 0 Å². The van der Waals surface area contributed by atoms with E-state index in [1.165, 1.54) is 0 Å². The molecule has 0 amide bonds. The van der Waals surface area contributed by atoms with Crippen LogP contribution in [0, 0.1) is 0 Å². The fourth-order valence-electron chi connectivity index (χ4n) is 0. The molecule has 0 atom stereocenters. The van der Waals surface area contributed by atoms with Crippen molar-refractivity contribution in [1.82, 2.24) is 0 Å². The minimum atomic E-state index is 0. The Hall–Kier alpha value is 1.22. The fraction of sp³-hybridized carbons (Fsp3) is 1.00. The molecule has 0 bridgehead atoms. The first-order valence-electron chi connectivity index (χ1n) is 0.577. The summed E-state index contributed by atoms with van der Waals surface area (Å²) in [5, 5.41) is 0. The molecule has 3 heteroatoms. The summed E-state index contributed by atoms with van der Waals surface area (Å²) in [5.41, 5.74) is 2.06. The van der Waals surface area contributed by atoms with Crippen LogP contribution in [0.2, 0.25) is 5.48 Å². The molecule has 0 aromatic carbocycles. The Kier molecular flexibility index (Phi) is 139.